The topological polar surface area (TPSA) is 288 Å². The molecule has 3 aliphatic rings. The quantitative estimate of drug-likeness (QED) is 0.00886. The van der Waals surface area contributed by atoms with Gasteiger partial charge in [-0.05, 0) is 156 Å². The largest absolute Gasteiger partial charge is 0.481 e. The fourth-order valence-electron chi connectivity index (χ4n) is 13.9. The summed E-state index contributed by atoms with van der Waals surface area (Å²) in [7, 11) is 0. The molecule has 3 atom stereocenters. The molecule has 0 saturated heterocycles. The molecule has 1 aliphatic carbocycles. The number of rotatable bonds is 44. The first-order valence-corrected chi connectivity index (χ1v) is 37.0. The molecule has 7 rings (SSSR count). The van der Waals surface area contributed by atoms with Crippen molar-refractivity contribution in [3.8, 4) is 5.75 Å². The number of allylic oxidation sites excluding steroid dienone is 7. The summed E-state index contributed by atoms with van der Waals surface area (Å²) in [6.07, 6.45) is 24.5. The number of ether oxygens (including phenoxy) is 1. The molecule has 0 unspecified atom stereocenters. The van der Waals surface area contributed by atoms with E-state index in [-0.39, 0.29) is 85.4 Å². The van der Waals surface area contributed by atoms with Crippen LogP contribution in [0.2, 0.25) is 0 Å². The Labute approximate surface area is 598 Å². The summed E-state index contributed by atoms with van der Waals surface area (Å²) in [6.45, 7) is 16.5. The number of hydrogen-bond acceptors (Lipinski definition) is 10. The molecule has 0 radical (unpaired) electrons. The van der Waals surface area contributed by atoms with Crippen LogP contribution in [-0.4, -0.2) is 113 Å². The van der Waals surface area contributed by atoms with E-state index >= 15 is 0 Å². The number of carboxylic acids is 2. The number of anilines is 1. The molecule has 4 amide bonds. The van der Waals surface area contributed by atoms with Crippen molar-refractivity contribution in [1.82, 2.24) is 21.3 Å². The minimum atomic E-state index is -1.33. The van der Waals surface area contributed by atoms with Gasteiger partial charge in [-0.3, -0.25) is 29.0 Å². The number of nitrogens with one attached hydrogen (secondary N) is 4. The maximum Gasteiger partial charge on any atom is 0.326 e. The molecule has 4 aromatic rings. The average Bonchev–Trinajstić information content (AvgIpc) is 1.61. The average molecular weight is 1380 g/mol. The number of aliphatic carboxylic acids is 2. The Morgan fingerprint density at radius 1 is 0.653 bits per heavy atom. The first-order chi connectivity index (χ1) is 48.6. The number of benzene rings is 4. The number of carboxylic acid groups (broad SMARTS) is 2. The van der Waals surface area contributed by atoms with Crippen LogP contribution in [0.4, 0.5) is 16.2 Å². The molecule has 0 spiro atoms. The van der Waals surface area contributed by atoms with Gasteiger partial charge in [0.05, 0.1) is 11.5 Å². The molecule has 0 bridgehead atoms. The zero-order valence-corrected chi connectivity index (χ0v) is 60.7. The second-order valence-electron chi connectivity index (χ2n) is 28.2. The van der Waals surface area contributed by atoms with Gasteiger partial charge in [0, 0.05) is 105 Å². The zero-order valence-electron chi connectivity index (χ0n) is 60.7. The number of nitrogens with two attached hydrogens (primary N) is 2. The Bertz CT molecular complexity index is 3640. The number of urea groups is 1. The molecule has 19 nitrogen and oxygen atoms in total. The van der Waals surface area contributed by atoms with E-state index in [4.69, 9.17) is 21.3 Å². The number of fused-ring (bicyclic) bond motifs is 2. The van der Waals surface area contributed by atoms with Crippen LogP contribution in [0.25, 0.3) is 0 Å². The molecule has 2 heterocycles. The first kappa shape index (κ1) is 79.2. The lowest BCUT2D eigenvalue weighted by Crippen LogP contribution is -2.46. The number of hydrogen-bond donors (Lipinski definition) is 8. The van der Waals surface area contributed by atoms with E-state index in [0.717, 1.165) is 118 Å². The number of carbonyl (C=O) groups excluding carboxylic acids is 5. The molecule has 2 aliphatic heterocycles. The minimum absolute atomic E-state index is 0.0550. The third-order valence-electron chi connectivity index (χ3n) is 19.6. The highest BCUT2D eigenvalue weighted by molar-refractivity contribution is 6.03. The number of carbonyl (C=O) groups is 7. The fourth-order valence-corrected chi connectivity index (χ4v) is 13.9. The molecule has 19 heteroatoms. The van der Waals surface area contributed by atoms with Crippen molar-refractivity contribution in [2.24, 2.45) is 22.4 Å². The molecular weight excluding hydrogens is 1270 g/mol. The van der Waals surface area contributed by atoms with Gasteiger partial charge in [0.25, 0.3) is 0 Å². The highest BCUT2D eigenvalue weighted by Crippen LogP contribution is 2.48. The SMILES string of the molecule is CCCCC[N+]1=C(/C=C/C2=C(Oc3ccc(CCNC(=O)[C@H](CCCN=C(N)N)CC(=O)[C@H](Cc4ccccc4)NC(=O)CCCCCCCCC(=O)CCCNC(=O)N[C@H](CCC(=O)O)C(=O)O)cc3)C(=C/C=C3/N(CCCC)c4ccccc4C3(C)C)/CCC2)C(C)(C)c2ccccc21. The van der Waals surface area contributed by atoms with E-state index in [1.54, 1.807) is 0 Å². The summed E-state index contributed by atoms with van der Waals surface area (Å²) in [4.78, 5) is 95.7. The highest BCUT2D eigenvalue weighted by Gasteiger charge is 2.44. The van der Waals surface area contributed by atoms with E-state index in [0.29, 0.717) is 51.5 Å². The van der Waals surface area contributed by atoms with Crippen molar-refractivity contribution in [3.63, 3.8) is 0 Å². The maximum absolute atomic E-state index is 14.4. The van der Waals surface area contributed by atoms with Crippen LogP contribution in [0.1, 0.15) is 211 Å². The Balaban J connectivity index is 0.969. The molecule has 0 saturated carbocycles. The number of para-hydroxylation sites is 2. The predicted octanol–water partition coefficient (Wildman–Crippen LogP) is 13.8. The third kappa shape index (κ3) is 24.3. The van der Waals surface area contributed by atoms with Crippen molar-refractivity contribution in [3.05, 3.63) is 172 Å². The van der Waals surface area contributed by atoms with Crippen LogP contribution < -0.4 is 42.4 Å². The molecule has 10 N–H and O–H groups in total. The second kappa shape index (κ2) is 40.3. The van der Waals surface area contributed by atoms with E-state index in [1.165, 1.54) is 40.3 Å². The van der Waals surface area contributed by atoms with Gasteiger partial charge in [-0.1, -0.05) is 151 Å². The van der Waals surface area contributed by atoms with Gasteiger partial charge in [0.1, 0.15) is 29.9 Å². The Hall–Kier alpha value is -9.13. The Morgan fingerprint density at radius 3 is 2.05 bits per heavy atom. The van der Waals surface area contributed by atoms with Crippen molar-refractivity contribution in [1.29, 1.82) is 0 Å². The van der Waals surface area contributed by atoms with Gasteiger partial charge >= 0.3 is 18.0 Å². The number of unbranched alkanes of at least 4 members (excludes halogenated alkanes) is 8. The van der Waals surface area contributed by atoms with Crippen LogP contribution >= 0.6 is 0 Å². The summed E-state index contributed by atoms with van der Waals surface area (Å²) in [6, 6.07) is 32.4. The lowest BCUT2D eigenvalue weighted by Gasteiger charge is -2.27. The number of guanidine groups is 1. The van der Waals surface area contributed by atoms with Crippen molar-refractivity contribution < 1.29 is 53.1 Å². The number of nitrogens with zero attached hydrogens (tertiary/aromatic N) is 3. The van der Waals surface area contributed by atoms with E-state index < -0.39 is 42.4 Å². The van der Waals surface area contributed by atoms with Crippen LogP contribution in [0, 0.1) is 5.92 Å². The summed E-state index contributed by atoms with van der Waals surface area (Å²) in [5, 5.41) is 29.0. The maximum atomic E-state index is 14.4. The van der Waals surface area contributed by atoms with Crippen LogP contribution in [0.15, 0.2) is 155 Å². The lowest BCUT2D eigenvalue weighted by atomic mass is 9.81. The zero-order chi connectivity index (χ0) is 72.7. The van der Waals surface area contributed by atoms with Crippen LogP contribution in [-0.2, 0) is 52.4 Å². The first-order valence-electron chi connectivity index (χ1n) is 37.0. The minimum Gasteiger partial charge on any atom is -0.481 e. The van der Waals surface area contributed by atoms with Crippen molar-refractivity contribution >= 4 is 64.4 Å². The number of amides is 4. The van der Waals surface area contributed by atoms with Gasteiger partial charge in [0.2, 0.25) is 17.5 Å². The van der Waals surface area contributed by atoms with Gasteiger partial charge < -0.3 is 52.6 Å². The summed E-state index contributed by atoms with van der Waals surface area (Å²) in [5.74, 6) is -2.34. The third-order valence-corrected chi connectivity index (χ3v) is 19.6. The van der Waals surface area contributed by atoms with E-state index in [9.17, 15) is 38.7 Å². The van der Waals surface area contributed by atoms with Gasteiger partial charge in [0.15, 0.2) is 17.5 Å². The summed E-state index contributed by atoms with van der Waals surface area (Å²) >= 11 is 0. The molecular formula is C82H112N9O10+. The van der Waals surface area contributed by atoms with E-state index in [1.807, 2.05) is 42.5 Å². The molecule has 544 valence electrons. The van der Waals surface area contributed by atoms with Gasteiger partial charge in [-0.15, -0.1) is 0 Å². The van der Waals surface area contributed by atoms with Crippen molar-refractivity contribution in [2.75, 3.05) is 37.6 Å². The molecule has 0 aromatic heterocycles. The van der Waals surface area contributed by atoms with Crippen molar-refractivity contribution in [2.45, 2.75) is 225 Å². The number of ketones is 2. The molecule has 4 aromatic carbocycles. The number of aliphatic imine (C=N–C) groups is 1. The van der Waals surface area contributed by atoms with Crippen LogP contribution in [0.3, 0.4) is 0 Å². The Morgan fingerprint density at radius 2 is 1.34 bits per heavy atom. The van der Waals surface area contributed by atoms with Gasteiger partial charge in [-0.25, -0.2) is 9.59 Å². The summed E-state index contributed by atoms with van der Waals surface area (Å²) in [5.41, 5.74) is 23.0. The van der Waals surface area contributed by atoms with Gasteiger partial charge in [-0.2, -0.15) is 4.58 Å². The normalized spacial score (nSPS) is 16.2. The fraction of sp³-hybridized carbons (Fsp3) is 0.500. The number of Topliss-reactive ketones (excluding diaryl/α,β-unsaturated/α-hetero) is 2. The monoisotopic (exact) mass is 1380 g/mol. The standard InChI is InChI=1S/C82H111N9O10/c1-7-9-24-55-91-70-38-23-21-36-66(70)82(5,6)73(91)48-43-61-31-25-30-60(42-47-72-81(3,4)65-35-20-22-37-69(65)90(72)54-10-8-2)76(61)101-64-44-40-58(41-45-64)50-53-85-77(97)62(32-26-51-86-79(83)84)57-71(93)68(56-59-28-16-15-17-29-59)88-74(94)39-19-14-12-11-13-18-33-63(92)34-27-52-87-80(100)89-67(78(98)99)46-49-75(95)96/h15-17,20-23,28-29,35-38,40-45,47-48,62,67-68H,7-14,18-19,24-27,30-34,39,46,49-57H2,1-6H3,(H9-,83,84,85,86,87,88,89,94,95,96,97,98,99,100)/p+1/t62-,67-,68+/m1/s1. The van der Waals surface area contributed by atoms with E-state index in [2.05, 4.69) is 162 Å². The molecule has 0 fully saturated rings. The second-order valence-corrected chi connectivity index (χ2v) is 28.2. The predicted molar refractivity (Wildman–Crippen MR) is 402 cm³/mol. The highest BCUT2D eigenvalue weighted by atomic mass is 16.5. The summed E-state index contributed by atoms with van der Waals surface area (Å²) < 4.78 is 9.67. The Kier molecular flexibility index (Phi) is 31.6. The molecule has 101 heavy (non-hydrogen) atoms. The van der Waals surface area contributed by atoms with Crippen LogP contribution in [0.5, 0.6) is 5.75 Å². The lowest BCUT2D eigenvalue weighted by molar-refractivity contribution is -0.438. The smallest absolute Gasteiger partial charge is 0.326 e.